The van der Waals surface area contributed by atoms with Crippen molar-refractivity contribution >= 4 is 0 Å². The molecular weight excluding hydrogens is 180 g/mol. The van der Waals surface area contributed by atoms with Gasteiger partial charge in [-0.05, 0) is 20.8 Å². The number of aliphatic hydroxyl groups is 2. The first-order valence-electron chi connectivity index (χ1n) is 4.61. The Bertz CT molecular complexity index is 61.6. The van der Waals surface area contributed by atoms with E-state index in [1.807, 2.05) is 20.8 Å². The molecule has 0 amide bonds. The van der Waals surface area contributed by atoms with E-state index in [1.54, 1.807) is 6.08 Å². The lowest BCUT2D eigenvalue weighted by atomic mass is 10.8. The smallest absolute Gasteiger partial charge is 0.0662 e. The van der Waals surface area contributed by atoms with Gasteiger partial charge in [0.25, 0.3) is 0 Å². The van der Waals surface area contributed by atoms with Crippen LogP contribution in [0.4, 0.5) is 0 Å². The van der Waals surface area contributed by atoms with Crippen molar-refractivity contribution in [2.75, 3.05) is 26.4 Å². The van der Waals surface area contributed by atoms with Gasteiger partial charge in [0.15, 0.2) is 0 Å². The van der Waals surface area contributed by atoms with Crippen LogP contribution in [-0.4, -0.2) is 36.6 Å². The van der Waals surface area contributed by atoms with Crippen molar-refractivity contribution in [3.05, 3.63) is 25.8 Å². The zero-order chi connectivity index (χ0) is 12.2. The maximum atomic E-state index is 7.62. The van der Waals surface area contributed by atoms with E-state index in [4.69, 9.17) is 14.9 Å². The second-order valence-electron chi connectivity index (χ2n) is 1.64. The van der Waals surface area contributed by atoms with E-state index in [0.717, 1.165) is 13.2 Å². The van der Waals surface area contributed by atoms with E-state index >= 15 is 0 Å². The lowest BCUT2D eigenvalue weighted by Crippen LogP contribution is -1.85. The molecule has 2 N–H and O–H groups in total. The Morgan fingerprint density at radius 2 is 1.29 bits per heavy atom. The van der Waals surface area contributed by atoms with Crippen molar-refractivity contribution in [2.45, 2.75) is 20.8 Å². The summed E-state index contributed by atoms with van der Waals surface area (Å²) >= 11 is 0. The molecule has 0 saturated heterocycles. The van der Waals surface area contributed by atoms with E-state index in [9.17, 15) is 0 Å². The van der Waals surface area contributed by atoms with Crippen LogP contribution in [0.25, 0.3) is 0 Å². The van der Waals surface area contributed by atoms with Gasteiger partial charge in [-0.15, -0.1) is 19.7 Å². The zero-order valence-electron chi connectivity index (χ0n) is 9.83. The molecule has 88 valence electrons. The van der Waals surface area contributed by atoms with E-state index < -0.39 is 0 Å². The summed E-state index contributed by atoms with van der Waals surface area (Å²) in [6.45, 7) is 16.7. The highest BCUT2D eigenvalue weighted by Crippen LogP contribution is 1.64. The standard InChI is InChI=1S/C4H10O.C3H6.C2H6O2.C2H4/c1-3-5-4-2;1-3-2;3-1-2-4;1-2/h3-4H2,1-2H3;3H,1H2,2H3;3-4H,1-2H2;1-2H2. The van der Waals surface area contributed by atoms with Crippen LogP contribution in [0.5, 0.6) is 0 Å². The third-order valence-electron chi connectivity index (χ3n) is 0.508. The lowest BCUT2D eigenvalue weighted by molar-refractivity contribution is 0.162. The van der Waals surface area contributed by atoms with Gasteiger partial charge in [0.2, 0.25) is 0 Å². The van der Waals surface area contributed by atoms with Crippen LogP contribution in [0, 0.1) is 0 Å². The molecule has 0 aliphatic heterocycles. The van der Waals surface area contributed by atoms with Crippen LogP contribution < -0.4 is 0 Å². The predicted molar refractivity (Wildman–Crippen MR) is 63.5 cm³/mol. The predicted octanol–water partition coefficient (Wildman–Crippen LogP) is 2.01. The number of hydrogen-bond donors (Lipinski definition) is 2. The van der Waals surface area contributed by atoms with Gasteiger partial charge >= 0.3 is 0 Å². The SMILES string of the molecule is C=C.C=CC.CCOCC.OCCO. The van der Waals surface area contributed by atoms with Gasteiger partial charge in [0.05, 0.1) is 13.2 Å². The Labute approximate surface area is 88.7 Å². The van der Waals surface area contributed by atoms with Gasteiger partial charge in [-0.3, -0.25) is 0 Å². The fourth-order valence-corrected chi connectivity index (χ4v) is 0.204. The minimum absolute atomic E-state index is 0.125. The number of aliphatic hydroxyl groups excluding tert-OH is 2. The molecule has 0 aliphatic rings. The summed E-state index contributed by atoms with van der Waals surface area (Å²) in [7, 11) is 0. The van der Waals surface area contributed by atoms with Crippen LogP contribution >= 0.6 is 0 Å². The fraction of sp³-hybridized carbons (Fsp3) is 0.636. The summed E-state index contributed by atoms with van der Waals surface area (Å²) in [5, 5.41) is 15.2. The summed E-state index contributed by atoms with van der Waals surface area (Å²) in [5.41, 5.74) is 0. The minimum Gasteiger partial charge on any atom is -0.394 e. The van der Waals surface area contributed by atoms with Crippen LogP contribution in [-0.2, 0) is 4.74 Å². The monoisotopic (exact) mass is 206 g/mol. The van der Waals surface area contributed by atoms with Crippen LogP contribution in [0.15, 0.2) is 25.8 Å². The number of rotatable bonds is 3. The summed E-state index contributed by atoms with van der Waals surface area (Å²) < 4.78 is 4.83. The largest absolute Gasteiger partial charge is 0.394 e. The summed E-state index contributed by atoms with van der Waals surface area (Å²) in [5.74, 6) is 0. The molecule has 0 fully saturated rings. The Morgan fingerprint density at radius 1 is 1.07 bits per heavy atom. The summed E-state index contributed by atoms with van der Waals surface area (Å²) in [6.07, 6.45) is 1.75. The molecule has 0 atom stereocenters. The van der Waals surface area contributed by atoms with Crippen molar-refractivity contribution in [1.82, 2.24) is 0 Å². The Kier molecular flexibility index (Phi) is 92.4. The van der Waals surface area contributed by atoms with Crippen LogP contribution in [0.3, 0.4) is 0 Å². The van der Waals surface area contributed by atoms with E-state index in [1.165, 1.54) is 0 Å². The topological polar surface area (TPSA) is 49.7 Å². The van der Waals surface area contributed by atoms with Gasteiger partial charge < -0.3 is 14.9 Å². The van der Waals surface area contributed by atoms with Crippen LogP contribution in [0.1, 0.15) is 20.8 Å². The molecule has 0 aromatic carbocycles. The van der Waals surface area contributed by atoms with Crippen molar-refractivity contribution in [3.63, 3.8) is 0 Å². The molecule has 0 rings (SSSR count). The summed E-state index contributed by atoms with van der Waals surface area (Å²) in [6, 6.07) is 0. The quantitative estimate of drug-likeness (QED) is 0.694. The first kappa shape index (κ1) is 23.3. The van der Waals surface area contributed by atoms with Gasteiger partial charge in [-0.2, -0.15) is 0 Å². The second kappa shape index (κ2) is 55.5. The zero-order valence-corrected chi connectivity index (χ0v) is 9.83. The molecule has 0 aromatic heterocycles. The molecule has 0 spiro atoms. The molecule has 0 saturated carbocycles. The van der Waals surface area contributed by atoms with E-state index in [2.05, 4.69) is 19.7 Å². The van der Waals surface area contributed by atoms with Crippen LogP contribution in [0.2, 0.25) is 0 Å². The first-order chi connectivity index (χ1) is 6.74. The maximum absolute atomic E-state index is 7.62. The molecule has 14 heavy (non-hydrogen) atoms. The number of ether oxygens (including phenoxy) is 1. The molecule has 3 heteroatoms. The Hall–Kier alpha value is -0.640. The lowest BCUT2D eigenvalue weighted by Gasteiger charge is -1.86. The average Bonchev–Trinajstić information content (AvgIpc) is 2.24. The van der Waals surface area contributed by atoms with Gasteiger partial charge in [-0.25, -0.2) is 0 Å². The molecule has 0 aromatic rings. The summed E-state index contributed by atoms with van der Waals surface area (Å²) in [4.78, 5) is 0. The third kappa shape index (κ3) is 219. The average molecular weight is 206 g/mol. The first-order valence-corrected chi connectivity index (χ1v) is 4.61. The third-order valence-corrected chi connectivity index (χ3v) is 0.508. The number of allylic oxidation sites excluding steroid dienone is 1. The molecular formula is C11H26O3. The maximum Gasteiger partial charge on any atom is 0.0662 e. The Balaban J connectivity index is -0.0000000505. The molecule has 3 nitrogen and oxygen atoms in total. The molecule has 0 heterocycles. The fourth-order valence-electron chi connectivity index (χ4n) is 0.204. The van der Waals surface area contributed by atoms with E-state index in [0.29, 0.717) is 0 Å². The molecule has 0 radical (unpaired) electrons. The normalized spacial score (nSPS) is 6.36. The molecule has 0 bridgehead atoms. The van der Waals surface area contributed by atoms with Gasteiger partial charge in [0.1, 0.15) is 0 Å². The molecule has 0 unspecified atom stereocenters. The van der Waals surface area contributed by atoms with E-state index in [-0.39, 0.29) is 13.2 Å². The second-order valence-corrected chi connectivity index (χ2v) is 1.64. The Morgan fingerprint density at radius 3 is 1.29 bits per heavy atom. The van der Waals surface area contributed by atoms with Crippen molar-refractivity contribution in [2.24, 2.45) is 0 Å². The highest BCUT2D eigenvalue weighted by Gasteiger charge is 1.64. The van der Waals surface area contributed by atoms with Crippen molar-refractivity contribution in [3.8, 4) is 0 Å². The van der Waals surface area contributed by atoms with Gasteiger partial charge in [-0.1, -0.05) is 6.08 Å². The highest BCUT2D eigenvalue weighted by molar-refractivity contribution is 4.51. The molecule has 0 aliphatic carbocycles. The van der Waals surface area contributed by atoms with Crippen molar-refractivity contribution < 1.29 is 14.9 Å². The van der Waals surface area contributed by atoms with Crippen molar-refractivity contribution in [1.29, 1.82) is 0 Å². The van der Waals surface area contributed by atoms with Gasteiger partial charge in [0, 0.05) is 13.2 Å². The highest BCUT2D eigenvalue weighted by atomic mass is 16.5. The number of hydrogen-bond acceptors (Lipinski definition) is 3. The minimum atomic E-state index is -0.125.